The lowest BCUT2D eigenvalue weighted by Crippen LogP contribution is -2.29. The van der Waals surface area contributed by atoms with E-state index in [9.17, 15) is 15.2 Å². The van der Waals surface area contributed by atoms with Gasteiger partial charge >= 0.3 is 5.69 Å². The number of halogens is 1. The Hall–Kier alpha value is -1.21. The highest BCUT2D eigenvalue weighted by atomic mass is 79.9. The van der Waals surface area contributed by atoms with Crippen LogP contribution in [0.5, 0.6) is 0 Å². The summed E-state index contributed by atoms with van der Waals surface area (Å²) >= 11 is 3.20. The van der Waals surface area contributed by atoms with Crippen molar-refractivity contribution in [3.8, 4) is 0 Å². The van der Waals surface area contributed by atoms with Crippen molar-refractivity contribution in [3.05, 3.63) is 26.9 Å². The number of aliphatic hydroxyl groups is 1. The summed E-state index contributed by atoms with van der Waals surface area (Å²) in [5.74, 6) is 0.380. The Morgan fingerprint density at radius 1 is 1.53 bits per heavy atom. The highest BCUT2D eigenvalue weighted by Gasteiger charge is 2.28. The maximum Gasteiger partial charge on any atom is 0.312 e. The quantitative estimate of drug-likeness (QED) is 0.666. The van der Waals surface area contributed by atoms with Crippen LogP contribution >= 0.6 is 15.9 Å². The lowest BCUT2D eigenvalue weighted by molar-refractivity contribution is -0.384. The molecule has 2 heterocycles. The number of nitro groups is 1. The Labute approximate surface area is 119 Å². The van der Waals surface area contributed by atoms with Gasteiger partial charge in [-0.15, -0.1) is 0 Å². The van der Waals surface area contributed by atoms with Crippen LogP contribution in [-0.2, 0) is 0 Å². The molecule has 1 saturated heterocycles. The third-order valence-electron chi connectivity index (χ3n) is 3.37. The van der Waals surface area contributed by atoms with Gasteiger partial charge in [0, 0.05) is 29.8 Å². The van der Waals surface area contributed by atoms with E-state index in [1.165, 1.54) is 6.07 Å². The van der Waals surface area contributed by atoms with Crippen LogP contribution in [0.25, 0.3) is 0 Å². The molecule has 0 radical (unpaired) electrons. The third-order valence-corrected chi connectivity index (χ3v) is 3.81. The first-order valence-electron chi connectivity index (χ1n) is 6.16. The van der Waals surface area contributed by atoms with Crippen LogP contribution in [0.2, 0.25) is 0 Å². The molecular formula is C12H16BrN3O3. The predicted molar refractivity (Wildman–Crippen MR) is 75.3 cm³/mol. The molecule has 0 amide bonds. The van der Waals surface area contributed by atoms with E-state index >= 15 is 0 Å². The molecule has 104 valence electrons. The zero-order valence-electron chi connectivity index (χ0n) is 10.7. The highest BCUT2D eigenvalue weighted by molar-refractivity contribution is 9.10. The van der Waals surface area contributed by atoms with Crippen molar-refractivity contribution in [2.75, 3.05) is 18.0 Å². The van der Waals surface area contributed by atoms with Crippen LogP contribution < -0.4 is 4.90 Å². The molecule has 1 aliphatic rings. The van der Waals surface area contributed by atoms with Gasteiger partial charge in [0.25, 0.3) is 0 Å². The van der Waals surface area contributed by atoms with Gasteiger partial charge in [-0.3, -0.25) is 10.1 Å². The molecule has 1 aliphatic heterocycles. The van der Waals surface area contributed by atoms with E-state index in [1.807, 2.05) is 4.90 Å². The lowest BCUT2D eigenvalue weighted by atomic mass is 9.98. The van der Waals surface area contributed by atoms with Crippen molar-refractivity contribution in [2.45, 2.75) is 31.8 Å². The molecule has 1 fully saturated rings. The minimum Gasteiger partial charge on any atom is -0.390 e. The molecule has 0 saturated carbocycles. The molecule has 1 aromatic rings. The SMILES string of the molecule is CC1(O)CCCN(c2ncc(Br)cc2[N+](=O)[O-])CC1. The van der Waals surface area contributed by atoms with Crippen molar-refractivity contribution >= 4 is 27.4 Å². The van der Waals surface area contributed by atoms with Gasteiger partial charge in [-0.25, -0.2) is 4.98 Å². The van der Waals surface area contributed by atoms with Gasteiger partial charge in [0.1, 0.15) is 0 Å². The summed E-state index contributed by atoms with van der Waals surface area (Å²) in [7, 11) is 0. The van der Waals surface area contributed by atoms with Gasteiger partial charge in [0.05, 0.1) is 10.5 Å². The lowest BCUT2D eigenvalue weighted by Gasteiger charge is -2.23. The van der Waals surface area contributed by atoms with Gasteiger partial charge in [0.2, 0.25) is 5.82 Å². The number of hydrogen-bond donors (Lipinski definition) is 1. The molecule has 1 aromatic heterocycles. The smallest absolute Gasteiger partial charge is 0.312 e. The van der Waals surface area contributed by atoms with E-state index in [1.54, 1.807) is 13.1 Å². The Bertz CT molecular complexity index is 493. The molecular weight excluding hydrogens is 314 g/mol. The number of pyridine rings is 1. The number of nitrogens with zero attached hydrogens (tertiary/aromatic N) is 3. The standard InChI is InChI=1S/C12H16BrN3O3/c1-12(17)3-2-5-15(6-4-12)11-10(16(18)19)7-9(13)8-14-11/h7-8,17H,2-6H2,1H3. The zero-order valence-corrected chi connectivity index (χ0v) is 12.3. The minimum atomic E-state index is -0.696. The average molecular weight is 330 g/mol. The van der Waals surface area contributed by atoms with E-state index in [4.69, 9.17) is 0 Å². The van der Waals surface area contributed by atoms with Crippen molar-refractivity contribution in [1.82, 2.24) is 4.98 Å². The highest BCUT2D eigenvalue weighted by Crippen LogP contribution is 2.31. The fraction of sp³-hybridized carbons (Fsp3) is 0.583. The van der Waals surface area contributed by atoms with Crippen LogP contribution in [0, 0.1) is 10.1 Å². The van der Waals surface area contributed by atoms with Crippen LogP contribution in [0.4, 0.5) is 11.5 Å². The van der Waals surface area contributed by atoms with Gasteiger partial charge in [0.15, 0.2) is 0 Å². The maximum atomic E-state index is 11.1. The minimum absolute atomic E-state index is 0.00378. The number of rotatable bonds is 2. The van der Waals surface area contributed by atoms with Crippen LogP contribution in [0.15, 0.2) is 16.7 Å². The second-order valence-electron chi connectivity index (χ2n) is 5.09. The van der Waals surface area contributed by atoms with E-state index in [0.717, 1.165) is 6.42 Å². The van der Waals surface area contributed by atoms with Crippen molar-refractivity contribution in [2.24, 2.45) is 0 Å². The van der Waals surface area contributed by atoms with Gasteiger partial charge in [-0.1, -0.05) is 0 Å². The Balaban J connectivity index is 2.29. The first-order chi connectivity index (χ1) is 8.89. The predicted octanol–water partition coefficient (Wildman–Crippen LogP) is 2.49. The van der Waals surface area contributed by atoms with Gasteiger partial charge in [-0.05, 0) is 42.1 Å². The number of hydrogen-bond acceptors (Lipinski definition) is 5. The molecule has 1 unspecified atom stereocenters. The topological polar surface area (TPSA) is 79.5 Å². The van der Waals surface area contributed by atoms with Crippen molar-refractivity contribution < 1.29 is 10.0 Å². The summed E-state index contributed by atoms with van der Waals surface area (Å²) in [5, 5.41) is 21.2. The Morgan fingerprint density at radius 2 is 2.26 bits per heavy atom. The van der Waals surface area contributed by atoms with E-state index in [-0.39, 0.29) is 5.69 Å². The summed E-state index contributed by atoms with van der Waals surface area (Å²) in [6.07, 6.45) is 3.64. The Morgan fingerprint density at radius 3 is 2.95 bits per heavy atom. The fourth-order valence-corrected chi connectivity index (χ4v) is 2.59. The first kappa shape index (κ1) is 14.2. The fourth-order valence-electron chi connectivity index (χ4n) is 2.27. The van der Waals surface area contributed by atoms with Gasteiger partial charge in [-0.2, -0.15) is 0 Å². The third kappa shape index (κ3) is 3.42. The molecule has 19 heavy (non-hydrogen) atoms. The molecule has 7 heteroatoms. The van der Waals surface area contributed by atoms with Crippen molar-refractivity contribution in [1.29, 1.82) is 0 Å². The monoisotopic (exact) mass is 329 g/mol. The summed E-state index contributed by atoms with van der Waals surface area (Å²) in [6.45, 7) is 3.05. The molecule has 0 aromatic carbocycles. The second kappa shape index (κ2) is 5.42. The number of aromatic nitrogens is 1. The maximum absolute atomic E-state index is 11.1. The number of anilines is 1. The van der Waals surface area contributed by atoms with Crippen molar-refractivity contribution in [3.63, 3.8) is 0 Å². The van der Waals surface area contributed by atoms with E-state index < -0.39 is 10.5 Å². The van der Waals surface area contributed by atoms with Crippen LogP contribution in [-0.4, -0.2) is 33.7 Å². The first-order valence-corrected chi connectivity index (χ1v) is 6.96. The molecule has 0 aliphatic carbocycles. The Kier molecular flexibility index (Phi) is 4.05. The normalized spacial score (nSPS) is 24.1. The summed E-state index contributed by atoms with van der Waals surface area (Å²) < 4.78 is 0.588. The molecule has 1 N–H and O–H groups in total. The summed E-state index contributed by atoms with van der Waals surface area (Å²) in [4.78, 5) is 16.7. The zero-order chi connectivity index (χ0) is 14.0. The van der Waals surface area contributed by atoms with Crippen LogP contribution in [0.3, 0.4) is 0 Å². The largest absolute Gasteiger partial charge is 0.390 e. The molecule has 0 bridgehead atoms. The average Bonchev–Trinajstić information content (AvgIpc) is 2.50. The second-order valence-corrected chi connectivity index (χ2v) is 6.01. The van der Waals surface area contributed by atoms with Crippen LogP contribution in [0.1, 0.15) is 26.2 Å². The molecule has 6 nitrogen and oxygen atoms in total. The molecule has 2 rings (SSSR count). The molecule has 0 spiro atoms. The molecule has 1 atom stereocenters. The van der Waals surface area contributed by atoms with Gasteiger partial charge < -0.3 is 10.0 Å². The summed E-state index contributed by atoms with van der Waals surface area (Å²) in [6, 6.07) is 1.46. The van der Waals surface area contributed by atoms with E-state index in [2.05, 4.69) is 20.9 Å². The van der Waals surface area contributed by atoms with E-state index in [0.29, 0.717) is 36.2 Å². The summed E-state index contributed by atoms with van der Waals surface area (Å²) in [5.41, 5.74) is -0.699.